The third kappa shape index (κ3) is 3.24. The highest BCUT2D eigenvalue weighted by Crippen LogP contribution is 2.40. The second-order valence-corrected chi connectivity index (χ2v) is 10.8. The van der Waals surface area contributed by atoms with Crippen LogP contribution in [0.2, 0.25) is 0 Å². The van der Waals surface area contributed by atoms with E-state index < -0.39 is 0 Å². The maximum Gasteiger partial charge on any atom is 0.0541 e. The molecule has 0 fully saturated rings. The van der Waals surface area contributed by atoms with Gasteiger partial charge in [-0.1, -0.05) is 103 Å². The standard InChI is InChI=1S/C36H23NS/c1-2-9-27(10-3-1)37-33-15-6-4-11-29(33)32-23-26(21-22-34(32)37)24-17-19-25(20-18-24)28-13-8-14-31-30-12-5-7-16-35(30)38-36(28)31/h1-23H. The van der Waals surface area contributed by atoms with Crippen molar-refractivity contribution in [3.63, 3.8) is 0 Å². The summed E-state index contributed by atoms with van der Waals surface area (Å²) < 4.78 is 5.06. The van der Waals surface area contributed by atoms with Gasteiger partial charge < -0.3 is 4.57 Å². The second-order valence-electron chi connectivity index (χ2n) is 9.78. The summed E-state index contributed by atoms with van der Waals surface area (Å²) in [6.45, 7) is 0. The first-order valence-electron chi connectivity index (χ1n) is 12.9. The summed E-state index contributed by atoms with van der Waals surface area (Å²) in [5.41, 5.74) is 8.68. The van der Waals surface area contributed by atoms with Crippen molar-refractivity contribution in [2.75, 3.05) is 0 Å². The van der Waals surface area contributed by atoms with E-state index >= 15 is 0 Å². The fourth-order valence-corrected chi connectivity index (χ4v) is 7.06. The minimum atomic E-state index is 1.19. The molecule has 1 nitrogen and oxygen atoms in total. The van der Waals surface area contributed by atoms with Gasteiger partial charge in [-0.15, -0.1) is 11.3 Å². The van der Waals surface area contributed by atoms with Gasteiger partial charge in [-0.3, -0.25) is 0 Å². The third-order valence-corrected chi connectivity index (χ3v) is 8.84. The van der Waals surface area contributed by atoms with Gasteiger partial charge in [0.2, 0.25) is 0 Å². The van der Waals surface area contributed by atoms with Crippen LogP contribution in [0.5, 0.6) is 0 Å². The first-order valence-corrected chi connectivity index (χ1v) is 13.8. The highest BCUT2D eigenvalue weighted by Gasteiger charge is 2.14. The number of rotatable bonds is 3. The minimum absolute atomic E-state index is 1.19. The van der Waals surface area contributed by atoms with Crippen molar-refractivity contribution in [2.45, 2.75) is 0 Å². The Bertz CT molecular complexity index is 2110. The lowest BCUT2D eigenvalue weighted by atomic mass is 9.98. The first-order chi connectivity index (χ1) is 18.8. The Kier molecular flexibility index (Phi) is 4.76. The summed E-state index contributed by atoms with van der Waals surface area (Å²) in [6.07, 6.45) is 0. The predicted octanol–water partition coefficient (Wildman–Crippen LogP) is 10.5. The highest BCUT2D eigenvalue weighted by atomic mass is 32.1. The third-order valence-electron chi connectivity index (χ3n) is 7.62. The molecule has 2 heteroatoms. The summed E-state index contributed by atoms with van der Waals surface area (Å²) >= 11 is 1.88. The van der Waals surface area contributed by atoms with Crippen molar-refractivity contribution < 1.29 is 0 Å². The molecule has 0 radical (unpaired) electrons. The summed E-state index contributed by atoms with van der Waals surface area (Å²) in [7, 11) is 0. The molecule has 0 saturated carbocycles. The van der Waals surface area contributed by atoms with Gasteiger partial charge in [-0.2, -0.15) is 0 Å². The topological polar surface area (TPSA) is 4.93 Å². The van der Waals surface area contributed by atoms with E-state index in [4.69, 9.17) is 0 Å². The van der Waals surface area contributed by atoms with E-state index in [2.05, 4.69) is 144 Å². The van der Waals surface area contributed by atoms with Crippen molar-refractivity contribution in [2.24, 2.45) is 0 Å². The van der Waals surface area contributed by atoms with E-state index in [1.165, 1.54) is 69.9 Å². The fourth-order valence-electron chi connectivity index (χ4n) is 5.82. The Labute approximate surface area is 224 Å². The largest absolute Gasteiger partial charge is 0.309 e. The van der Waals surface area contributed by atoms with E-state index in [0.29, 0.717) is 0 Å². The van der Waals surface area contributed by atoms with Gasteiger partial charge in [0.1, 0.15) is 0 Å². The lowest BCUT2D eigenvalue weighted by Crippen LogP contribution is -1.92. The van der Waals surface area contributed by atoms with Crippen molar-refractivity contribution in [3.05, 3.63) is 140 Å². The van der Waals surface area contributed by atoms with Gasteiger partial charge in [0.05, 0.1) is 11.0 Å². The monoisotopic (exact) mass is 501 g/mol. The van der Waals surface area contributed by atoms with Gasteiger partial charge in [-0.05, 0) is 58.7 Å². The predicted molar refractivity (Wildman–Crippen MR) is 165 cm³/mol. The van der Waals surface area contributed by atoms with Crippen molar-refractivity contribution in [3.8, 4) is 27.9 Å². The molecule has 0 spiro atoms. The molecule has 0 amide bonds. The average Bonchev–Trinajstić information content (AvgIpc) is 3.53. The number of fused-ring (bicyclic) bond motifs is 6. The number of thiophene rings is 1. The SMILES string of the molecule is c1ccc(-n2c3ccccc3c3cc(-c4ccc(-c5cccc6c5sc5ccccc56)cc4)ccc32)cc1. The molecule has 2 aromatic heterocycles. The number of nitrogens with zero attached hydrogens (tertiary/aromatic N) is 1. The Balaban J connectivity index is 1.24. The molecule has 0 aliphatic heterocycles. The molecule has 178 valence electrons. The Morgan fingerprint density at radius 2 is 1.08 bits per heavy atom. The molecule has 0 atom stereocenters. The maximum atomic E-state index is 2.36. The molecular weight excluding hydrogens is 478 g/mol. The molecule has 0 saturated heterocycles. The lowest BCUT2D eigenvalue weighted by molar-refractivity contribution is 1.18. The zero-order valence-corrected chi connectivity index (χ0v) is 21.5. The van der Waals surface area contributed by atoms with Crippen LogP contribution < -0.4 is 0 Å². The summed E-state index contributed by atoms with van der Waals surface area (Å²) in [5.74, 6) is 0. The first kappa shape index (κ1) is 21.4. The van der Waals surface area contributed by atoms with Gasteiger partial charge >= 0.3 is 0 Å². The maximum absolute atomic E-state index is 2.36. The molecule has 8 rings (SSSR count). The number of hydrogen-bond donors (Lipinski definition) is 0. The Hall–Kier alpha value is -4.66. The summed E-state index contributed by atoms with van der Waals surface area (Å²) in [4.78, 5) is 0. The van der Waals surface area contributed by atoms with Gasteiger partial charge in [0, 0.05) is 36.6 Å². The van der Waals surface area contributed by atoms with Crippen LogP contribution in [0.25, 0.3) is 69.9 Å². The Morgan fingerprint density at radius 3 is 1.95 bits per heavy atom. The van der Waals surface area contributed by atoms with E-state index in [1.54, 1.807) is 0 Å². The van der Waals surface area contributed by atoms with E-state index in [-0.39, 0.29) is 0 Å². The van der Waals surface area contributed by atoms with Crippen LogP contribution in [0.3, 0.4) is 0 Å². The lowest BCUT2D eigenvalue weighted by Gasteiger charge is -2.09. The van der Waals surface area contributed by atoms with Gasteiger partial charge in [0.15, 0.2) is 0 Å². The van der Waals surface area contributed by atoms with Gasteiger partial charge in [0.25, 0.3) is 0 Å². The van der Waals surface area contributed by atoms with Crippen LogP contribution in [0.15, 0.2) is 140 Å². The Morgan fingerprint density at radius 1 is 0.421 bits per heavy atom. The summed E-state index contributed by atoms with van der Waals surface area (Å²) in [5, 5.41) is 5.24. The molecule has 0 aliphatic carbocycles. The number of para-hydroxylation sites is 2. The quantitative estimate of drug-likeness (QED) is 0.227. The fraction of sp³-hybridized carbons (Fsp3) is 0. The highest BCUT2D eigenvalue weighted by molar-refractivity contribution is 7.26. The smallest absolute Gasteiger partial charge is 0.0541 e. The minimum Gasteiger partial charge on any atom is -0.309 e. The van der Waals surface area contributed by atoms with Gasteiger partial charge in [-0.25, -0.2) is 0 Å². The molecule has 0 N–H and O–H groups in total. The normalized spacial score (nSPS) is 11.7. The molecular formula is C36H23NS. The molecule has 6 aromatic carbocycles. The number of hydrogen-bond acceptors (Lipinski definition) is 1. The van der Waals surface area contributed by atoms with Crippen LogP contribution in [-0.4, -0.2) is 4.57 Å². The van der Waals surface area contributed by atoms with E-state index in [0.717, 1.165) is 0 Å². The van der Waals surface area contributed by atoms with Crippen molar-refractivity contribution >= 4 is 53.3 Å². The van der Waals surface area contributed by atoms with E-state index in [1.807, 2.05) is 11.3 Å². The van der Waals surface area contributed by atoms with E-state index in [9.17, 15) is 0 Å². The average molecular weight is 502 g/mol. The molecule has 8 aromatic rings. The van der Waals surface area contributed by atoms with Crippen LogP contribution in [0, 0.1) is 0 Å². The molecule has 38 heavy (non-hydrogen) atoms. The van der Waals surface area contributed by atoms with Crippen LogP contribution in [-0.2, 0) is 0 Å². The van der Waals surface area contributed by atoms with Crippen molar-refractivity contribution in [1.82, 2.24) is 4.57 Å². The summed E-state index contributed by atoms with van der Waals surface area (Å²) in [6, 6.07) is 50.6. The number of benzene rings is 6. The zero-order valence-electron chi connectivity index (χ0n) is 20.6. The van der Waals surface area contributed by atoms with Crippen LogP contribution in [0.4, 0.5) is 0 Å². The molecule has 0 unspecified atom stereocenters. The number of aromatic nitrogens is 1. The molecule has 0 bridgehead atoms. The van der Waals surface area contributed by atoms with Crippen LogP contribution >= 0.6 is 11.3 Å². The molecule has 0 aliphatic rings. The van der Waals surface area contributed by atoms with Crippen molar-refractivity contribution in [1.29, 1.82) is 0 Å². The molecule has 2 heterocycles. The zero-order chi connectivity index (χ0) is 25.1. The second kappa shape index (κ2) is 8.44. The van der Waals surface area contributed by atoms with Crippen LogP contribution in [0.1, 0.15) is 0 Å².